The van der Waals surface area contributed by atoms with Gasteiger partial charge in [-0.05, 0) is 12.1 Å². The third-order valence-electron chi connectivity index (χ3n) is 4.85. The number of fused-ring (bicyclic) bond motifs is 1. The molecule has 1 unspecified atom stereocenters. The van der Waals surface area contributed by atoms with Crippen LogP contribution in [0.5, 0.6) is 0 Å². The number of aromatic nitrogens is 2. The molecule has 0 aliphatic carbocycles. The van der Waals surface area contributed by atoms with E-state index in [1.165, 1.54) is 23.2 Å². The maximum absolute atomic E-state index is 12.5. The highest BCUT2D eigenvalue weighted by Gasteiger charge is 2.42. The number of hydroxylamine groups is 2. The molecule has 10 nitrogen and oxygen atoms in total. The van der Waals surface area contributed by atoms with E-state index in [9.17, 15) is 19.2 Å². The van der Waals surface area contributed by atoms with Crippen LogP contribution in [0.1, 0.15) is 27.1 Å². The summed E-state index contributed by atoms with van der Waals surface area (Å²) in [5.41, 5.74) is 0.915. The largest absolute Gasteiger partial charge is 0.383 e. The van der Waals surface area contributed by atoms with Gasteiger partial charge >= 0.3 is 5.97 Å². The number of hydrogen-bond donors (Lipinski definition) is 0. The zero-order chi connectivity index (χ0) is 20.5. The van der Waals surface area contributed by atoms with Crippen molar-refractivity contribution in [2.75, 3.05) is 25.2 Å². The van der Waals surface area contributed by atoms with Gasteiger partial charge < -0.3 is 14.5 Å². The molecule has 4 rings (SSSR count). The van der Waals surface area contributed by atoms with Crippen LogP contribution in [0.25, 0.3) is 0 Å². The van der Waals surface area contributed by atoms with Crippen molar-refractivity contribution in [2.45, 2.75) is 13.0 Å². The third kappa shape index (κ3) is 3.38. The van der Waals surface area contributed by atoms with Crippen molar-refractivity contribution in [1.29, 1.82) is 0 Å². The van der Waals surface area contributed by atoms with Gasteiger partial charge in [0.05, 0.1) is 42.1 Å². The van der Waals surface area contributed by atoms with Crippen LogP contribution in [0.4, 0.5) is 5.69 Å². The Morgan fingerprint density at radius 2 is 1.86 bits per heavy atom. The summed E-state index contributed by atoms with van der Waals surface area (Å²) in [4.78, 5) is 56.1. The summed E-state index contributed by atoms with van der Waals surface area (Å²) in [5, 5.41) is 4.62. The van der Waals surface area contributed by atoms with Gasteiger partial charge in [-0.1, -0.05) is 17.2 Å². The van der Waals surface area contributed by atoms with Crippen LogP contribution in [0.15, 0.2) is 36.7 Å². The Labute approximate surface area is 165 Å². The first-order valence-electron chi connectivity index (χ1n) is 9.01. The van der Waals surface area contributed by atoms with Gasteiger partial charge in [0, 0.05) is 26.3 Å². The lowest BCUT2D eigenvalue weighted by Gasteiger charge is -2.16. The fraction of sp³-hybridized carbons (Fsp3) is 0.316. The number of carbonyl (C=O) groups is 4. The van der Waals surface area contributed by atoms with Crippen molar-refractivity contribution >= 4 is 29.4 Å². The van der Waals surface area contributed by atoms with Gasteiger partial charge in [-0.3, -0.25) is 19.1 Å². The second-order valence-corrected chi connectivity index (χ2v) is 6.72. The average Bonchev–Trinajstić information content (AvgIpc) is 3.40. The van der Waals surface area contributed by atoms with Crippen LogP contribution in [-0.2, 0) is 25.7 Å². The van der Waals surface area contributed by atoms with E-state index in [2.05, 4.69) is 5.10 Å². The number of ether oxygens (including phenoxy) is 1. The molecule has 1 saturated heterocycles. The van der Waals surface area contributed by atoms with E-state index in [1.807, 2.05) is 0 Å². The smallest absolute Gasteiger partial charge is 0.338 e. The number of benzene rings is 1. The van der Waals surface area contributed by atoms with E-state index < -0.39 is 23.7 Å². The lowest BCUT2D eigenvalue weighted by Crippen LogP contribution is -2.36. The van der Waals surface area contributed by atoms with Crippen molar-refractivity contribution in [2.24, 2.45) is 5.92 Å². The van der Waals surface area contributed by atoms with Crippen molar-refractivity contribution in [3.63, 3.8) is 0 Å². The number of amides is 3. The Kier molecular flexibility index (Phi) is 4.85. The minimum absolute atomic E-state index is 0.0781. The van der Waals surface area contributed by atoms with Gasteiger partial charge in [0.2, 0.25) is 5.91 Å². The molecular formula is C19H18N4O6. The van der Waals surface area contributed by atoms with Crippen LogP contribution in [0.2, 0.25) is 0 Å². The number of nitrogens with zero attached hydrogens (tertiary/aromatic N) is 4. The summed E-state index contributed by atoms with van der Waals surface area (Å²) in [6, 6.07) is 6.22. The van der Waals surface area contributed by atoms with Gasteiger partial charge in [0.25, 0.3) is 11.8 Å². The molecule has 3 amide bonds. The minimum atomic E-state index is -0.804. The number of anilines is 1. The number of methoxy groups -OCH3 is 1. The predicted octanol–water partition coefficient (Wildman–Crippen LogP) is 0.637. The van der Waals surface area contributed by atoms with Crippen molar-refractivity contribution in [3.8, 4) is 0 Å². The molecule has 150 valence electrons. The molecule has 29 heavy (non-hydrogen) atoms. The minimum Gasteiger partial charge on any atom is -0.383 e. The first-order chi connectivity index (χ1) is 14.0. The molecule has 1 aromatic heterocycles. The quantitative estimate of drug-likeness (QED) is 0.657. The molecule has 0 bridgehead atoms. The first kappa shape index (κ1) is 18.8. The molecule has 2 aliphatic rings. The molecule has 1 fully saturated rings. The Morgan fingerprint density at radius 1 is 1.17 bits per heavy atom. The highest BCUT2D eigenvalue weighted by atomic mass is 16.7. The zero-order valence-electron chi connectivity index (χ0n) is 15.6. The van der Waals surface area contributed by atoms with Gasteiger partial charge in [0.15, 0.2) is 0 Å². The van der Waals surface area contributed by atoms with Gasteiger partial charge in [0.1, 0.15) is 0 Å². The van der Waals surface area contributed by atoms with Gasteiger partial charge in [-0.2, -0.15) is 5.10 Å². The highest BCUT2D eigenvalue weighted by Crippen LogP contribution is 2.28. The van der Waals surface area contributed by atoms with Gasteiger partial charge in [-0.25, -0.2) is 4.79 Å². The molecule has 1 aromatic carbocycles. The maximum Gasteiger partial charge on any atom is 0.338 e. The molecule has 10 heteroatoms. The number of hydrogen-bond acceptors (Lipinski definition) is 7. The zero-order valence-corrected chi connectivity index (χ0v) is 15.6. The van der Waals surface area contributed by atoms with Crippen molar-refractivity contribution < 1.29 is 28.8 Å². The van der Waals surface area contributed by atoms with E-state index in [0.717, 1.165) is 0 Å². The summed E-state index contributed by atoms with van der Waals surface area (Å²) >= 11 is 0. The molecule has 0 radical (unpaired) electrons. The van der Waals surface area contributed by atoms with E-state index >= 15 is 0 Å². The molecular weight excluding hydrogens is 380 g/mol. The van der Waals surface area contributed by atoms with Crippen LogP contribution in [0.3, 0.4) is 0 Å². The second kappa shape index (κ2) is 7.47. The lowest BCUT2D eigenvalue weighted by atomic mass is 10.1. The van der Waals surface area contributed by atoms with Crippen LogP contribution < -0.4 is 4.90 Å². The Balaban J connectivity index is 1.42. The Morgan fingerprint density at radius 3 is 2.52 bits per heavy atom. The molecule has 0 saturated carbocycles. The predicted molar refractivity (Wildman–Crippen MR) is 97.6 cm³/mol. The fourth-order valence-electron chi connectivity index (χ4n) is 3.33. The standard InChI is InChI=1S/C19H18N4O6/c1-28-7-6-21-11-13(9-20-21)22-10-12(8-16(22)24)19(27)29-23-17(25)14-4-2-3-5-15(14)18(23)26/h2-5,9,11-12H,6-8,10H2,1H3. The summed E-state index contributed by atoms with van der Waals surface area (Å²) < 4.78 is 6.63. The normalized spacial score (nSPS) is 18.5. The maximum atomic E-state index is 12.5. The van der Waals surface area contributed by atoms with Crippen molar-refractivity contribution in [3.05, 3.63) is 47.8 Å². The Bertz CT molecular complexity index is 965. The third-order valence-corrected chi connectivity index (χ3v) is 4.85. The topological polar surface area (TPSA) is 111 Å². The lowest BCUT2D eigenvalue weighted by molar-refractivity contribution is -0.173. The first-order valence-corrected chi connectivity index (χ1v) is 9.01. The average molecular weight is 398 g/mol. The van der Waals surface area contributed by atoms with E-state index in [-0.39, 0.29) is 30.0 Å². The molecule has 0 spiro atoms. The number of imide groups is 1. The highest BCUT2D eigenvalue weighted by molar-refractivity contribution is 6.21. The second-order valence-electron chi connectivity index (χ2n) is 6.72. The molecule has 0 N–H and O–H groups in total. The van der Waals surface area contributed by atoms with Crippen LogP contribution >= 0.6 is 0 Å². The molecule has 2 aromatic rings. The van der Waals surface area contributed by atoms with E-state index in [4.69, 9.17) is 9.57 Å². The monoisotopic (exact) mass is 398 g/mol. The van der Waals surface area contributed by atoms with Crippen molar-refractivity contribution in [1.82, 2.24) is 14.8 Å². The Hall–Kier alpha value is -3.53. The van der Waals surface area contributed by atoms with E-state index in [1.54, 1.807) is 30.1 Å². The summed E-state index contributed by atoms with van der Waals surface area (Å²) in [7, 11) is 1.58. The number of carbonyl (C=O) groups excluding carboxylic acids is 4. The summed E-state index contributed by atoms with van der Waals surface area (Å²) in [6.07, 6.45) is 3.14. The van der Waals surface area contributed by atoms with E-state index in [0.29, 0.717) is 23.9 Å². The van der Waals surface area contributed by atoms with Crippen LogP contribution in [0, 0.1) is 5.92 Å². The summed E-state index contributed by atoms with van der Waals surface area (Å²) in [5.74, 6) is -3.25. The number of rotatable bonds is 6. The molecule has 2 aliphatic heterocycles. The van der Waals surface area contributed by atoms with Crippen LogP contribution in [-0.4, -0.2) is 58.8 Å². The fourth-order valence-corrected chi connectivity index (χ4v) is 3.33. The molecule has 1 atom stereocenters. The SMILES string of the molecule is COCCn1cc(N2CC(C(=O)ON3C(=O)c4ccccc4C3=O)CC2=O)cn1. The summed E-state index contributed by atoms with van der Waals surface area (Å²) in [6.45, 7) is 1.09. The molecule has 3 heterocycles. The van der Waals surface area contributed by atoms with Gasteiger partial charge in [-0.15, -0.1) is 0 Å².